The van der Waals surface area contributed by atoms with E-state index < -0.39 is 0 Å². The Kier molecular flexibility index (Phi) is 6.41. The number of carbonyl (C=O) groups is 1. The average molecular weight is 422 g/mol. The summed E-state index contributed by atoms with van der Waals surface area (Å²) in [5, 5.41) is 14.6. The van der Waals surface area contributed by atoms with Gasteiger partial charge in [-0.2, -0.15) is 0 Å². The molecule has 0 unspecified atom stereocenters. The van der Waals surface area contributed by atoms with Crippen LogP contribution in [0.25, 0.3) is 9.88 Å². The van der Waals surface area contributed by atoms with E-state index >= 15 is 0 Å². The number of nitrogens with one attached hydrogen (secondary N) is 2. The summed E-state index contributed by atoms with van der Waals surface area (Å²) in [6.45, 7) is 1.91. The van der Waals surface area contributed by atoms with Gasteiger partial charge >= 0.3 is 0 Å². The van der Waals surface area contributed by atoms with Gasteiger partial charge in [0.2, 0.25) is 5.13 Å². The standard InChI is InChI=1S/C22H20N4OS2/c27-20(23-22-25-24-21(29-22)19-12-7-13-28-19)16-26(14-17-8-3-1-4-9-17)15-18-10-5-2-6-11-18/h1-13H,14-16H2,(H,23,25,27)/p+1. The van der Waals surface area contributed by atoms with Gasteiger partial charge in [0.1, 0.15) is 13.1 Å². The summed E-state index contributed by atoms with van der Waals surface area (Å²) in [4.78, 5) is 14.9. The minimum atomic E-state index is -0.0549. The first-order valence-electron chi connectivity index (χ1n) is 9.35. The lowest BCUT2D eigenvalue weighted by atomic mass is 10.1. The van der Waals surface area contributed by atoms with E-state index in [1.807, 2.05) is 53.9 Å². The lowest BCUT2D eigenvalue weighted by Crippen LogP contribution is -3.10. The second-order valence-corrected chi connectivity index (χ2v) is 8.61. The number of carbonyl (C=O) groups excluding carboxylic acids is 1. The maximum atomic E-state index is 12.7. The fraction of sp³-hybridized carbons (Fsp3) is 0.136. The van der Waals surface area contributed by atoms with Crippen LogP contribution in [0.15, 0.2) is 78.2 Å². The molecule has 0 aliphatic carbocycles. The smallest absolute Gasteiger partial charge is 0.281 e. The van der Waals surface area contributed by atoms with Crippen molar-refractivity contribution < 1.29 is 9.69 Å². The molecule has 4 rings (SSSR count). The van der Waals surface area contributed by atoms with Crippen molar-refractivity contribution in [3.05, 3.63) is 89.3 Å². The molecule has 2 aromatic heterocycles. The van der Waals surface area contributed by atoms with E-state index in [1.165, 1.54) is 27.4 Å². The molecule has 0 aliphatic heterocycles. The SMILES string of the molecule is O=C(C[NH+](Cc1ccccc1)Cc1ccccc1)Nc1nnc(-c2cccs2)s1. The zero-order chi connectivity index (χ0) is 19.9. The minimum Gasteiger partial charge on any atom is -0.320 e. The van der Waals surface area contributed by atoms with Crippen LogP contribution >= 0.6 is 22.7 Å². The van der Waals surface area contributed by atoms with Crippen molar-refractivity contribution >= 4 is 33.7 Å². The van der Waals surface area contributed by atoms with Crippen molar-refractivity contribution in [2.75, 3.05) is 11.9 Å². The van der Waals surface area contributed by atoms with Crippen molar-refractivity contribution in [2.24, 2.45) is 0 Å². The summed E-state index contributed by atoms with van der Waals surface area (Å²) < 4.78 is 0. The molecule has 0 aliphatic rings. The highest BCUT2D eigenvalue weighted by Gasteiger charge is 2.18. The normalized spacial score (nSPS) is 10.9. The van der Waals surface area contributed by atoms with E-state index in [2.05, 4.69) is 39.8 Å². The average Bonchev–Trinajstić information content (AvgIpc) is 3.41. The van der Waals surface area contributed by atoms with Crippen LogP contribution in [0.1, 0.15) is 11.1 Å². The van der Waals surface area contributed by atoms with Crippen molar-refractivity contribution in [3.63, 3.8) is 0 Å². The molecule has 5 nitrogen and oxygen atoms in total. The Balaban J connectivity index is 1.42. The molecule has 2 heterocycles. The van der Waals surface area contributed by atoms with Gasteiger partial charge in [0, 0.05) is 11.1 Å². The van der Waals surface area contributed by atoms with Crippen molar-refractivity contribution in [1.29, 1.82) is 0 Å². The molecule has 7 heteroatoms. The number of rotatable bonds is 8. The highest BCUT2D eigenvalue weighted by molar-refractivity contribution is 7.23. The van der Waals surface area contributed by atoms with Crippen LogP contribution in [-0.4, -0.2) is 22.6 Å². The Morgan fingerprint density at radius 3 is 2.10 bits per heavy atom. The molecule has 0 saturated heterocycles. The molecule has 4 aromatic rings. The Morgan fingerprint density at radius 2 is 1.52 bits per heavy atom. The summed E-state index contributed by atoms with van der Waals surface area (Å²) in [6.07, 6.45) is 0. The second-order valence-electron chi connectivity index (χ2n) is 6.69. The highest BCUT2D eigenvalue weighted by Crippen LogP contribution is 2.29. The van der Waals surface area contributed by atoms with E-state index in [1.54, 1.807) is 11.3 Å². The third-order valence-electron chi connectivity index (χ3n) is 4.41. The Hall–Kier alpha value is -2.87. The number of anilines is 1. The first-order valence-corrected chi connectivity index (χ1v) is 11.0. The van der Waals surface area contributed by atoms with Gasteiger partial charge in [-0.3, -0.25) is 10.1 Å². The molecule has 0 bridgehead atoms. The maximum absolute atomic E-state index is 12.7. The topological polar surface area (TPSA) is 59.3 Å². The second kappa shape index (κ2) is 9.56. The van der Waals surface area contributed by atoms with Crippen LogP contribution < -0.4 is 10.2 Å². The number of aromatic nitrogens is 2. The number of hydrogen-bond acceptors (Lipinski definition) is 5. The lowest BCUT2D eigenvalue weighted by molar-refractivity contribution is -0.919. The summed E-state index contributed by atoms with van der Waals surface area (Å²) >= 11 is 3.01. The molecular weight excluding hydrogens is 400 g/mol. The van der Waals surface area contributed by atoms with Gasteiger partial charge in [-0.15, -0.1) is 21.5 Å². The minimum absolute atomic E-state index is 0.0549. The molecule has 0 fully saturated rings. The number of nitrogens with zero attached hydrogens (tertiary/aromatic N) is 2. The van der Waals surface area contributed by atoms with E-state index in [4.69, 9.17) is 0 Å². The van der Waals surface area contributed by atoms with Gasteiger partial charge in [0.25, 0.3) is 5.91 Å². The third-order valence-corrected chi connectivity index (χ3v) is 6.29. The monoisotopic (exact) mass is 421 g/mol. The molecule has 0 atom stereocenters. The van der Waals surface area contributed by atoms with Gasteiger partial charge in [0.05, 0.1) is 4.88 Å². The van der Waals surface area contributed by atoms with Crippen LogP contribution in [0.5, 0.6) is 0 Å². The van der Waals surface area contributed by atoms with E-state index in [0.717, 1.165) is 23.0 Å². The fourth-order valence-electron chi connectivity index (χ4n) is 3.12. The van der Waals surface area contributed by atoms with Crippen LogP contribution in [0.4, 0.5) is 5.13 Å². The van der Waals surface area contributed by atoms with Gasteiger partial charge in [-0.25, -0.2) is 0 Å². The summed E-state index contributed by atoms with van der Waals surface area (Å²) in [7, 11) is 0. The van der Waals surface area contributed by atoms with Gasteiger partial charge in [0.15, 0.2) is 11.6 Å². The fourth-order valence-corrected chi connectivity index (χ4v) is 4.67. The van der Waals surface area contributed by atoms with Crippen LogP contribution in [0.2, 0.25) is 0 Å². The molecule has 146 valence electrons. The molecule has 29 heavy (non-hydrogen) atoms. The Bertz CT molecular complexity index is 992. The summed E-state index contributed by atoms with van der Waals surface area (Å²) in [6, 6.07) is 24.5. The molecule has 0 saturated carbocycles. The molecular formula is C22H21N4OS2+. The van der Waals surface area contributed by atoms with Crippen LogP contribution in [-0.2, 0) is 17.9 Å². The Labute approximate surface area is 177 Å². The molecule has 1 amide bonds. The molecule has 2 N–H and O–H groups in total. The predicted octanol–water partition coefficient (Wildman–Crippen LogP) is 3.49. The van der Waals surface area contributed by atoms with E-state index in [0.29, 0.717) is 11.7 Å². The first-order chi connectivity index (χ1) is 14.3. The number of thiophene rings is 1. The van der Waals surface area contributed by atoms with E-state index in [9.17, 15) is 4.79 Å². The van der Waals surface area contributed by atoms with Gasteiger partial charge < -0.3 is 4.90 Å². The molecule has 0 radical (unpaired) electrons. The highest BCUT2D eigenvalue weighted by atomic mass is 32.1. The van der Waals surface area contributed by atoms with Crippen LogP contribution in [0, 0.1) is 0 Å². The summed E-state index contributed by atoms with van der Waals surface area (Å²) in [5.41, 5.74) is 2.42. The number of quaternary nitrogens is 1. The lowest BCUT2D eigenvalue weighted by Gasteiger charge is -2.19. The zero-order valence-electron chi connectivity index (χ0n) is 15.7. The number of benzene rings is 2. The zero-order valence-corrected chi connectivity index (χ0v) is 17.4. The largest absolute Gasteiger partial charge is 0.320 e. The van der Waals surface area contributed by atoms with Gasteiger partial charge in [-0.1, -0.05) is 78.1 Å². The quantitative estimate of drug-likeness (QED) is 0.458. The number of amides is 1. The predicted molar refractivity (Wildman–Crippen MR) is 118 cm³/mol. The van der Waals surface area contributed by atoms with Crippen molar-refractivity contribution in [3.8, 4) is 9.88 Å². The van der Waals surface area contributed by atoms with Gasteiger partial charge in [-0.05, 0) is 11.4 Å². The van der Waals surface area contributed by atoms with Crippen molar-refractivity contribution in [1.82, 2.24) is 10.2 Å². The summed E-state index contributed by atoms with van der Waals surface area (Å²) in [5.74, 6) is -0.0549. The van der Waals surface area contributed by atoms with Crippen molar-refractivity contribution in [2.45, 2.75) is 13.1 Å². The number of hydrogen-bond donors (Lipinski definition) is 2. The first kappa shape index (κ1) is 19.4. The van der Waals surface area contributed by atoms with Crippen LogP contribution in [0.3, 0.4) is 0 Å². The molecule has 0 spiro atoms. The molecule has 2 aromatic carbocycles. The maximum Gasteiger partial charge on any atom is 0.281 e. The third kappa shape index (κ3) is 5.57. The van der Waals surface area contributed by atoms with E-state index in [-0.39, 0.29) is 5.91 Å². The Morgan fingerprint density at radius 1 is 0.862 bits per heavy atom.